The number of halogens is 1. The number of hydrogen-bond donors (Lipinski definition) is 2. The summed E-state index contributed by atoms with van der Waals surface area (Å²) < 4.78 is 33.8. The van der Waals surface area contributed by atoms with Crippen molar-refractivity contribution in [2.75, 3.05) is 22.8 Å². The Hall–Kier alpha value is -2.36. The van der Waals surface area contributed by atoms with Crippen LogP contribution < -0.4 is 14.4 Å². The lowest BCUT2D eigenvalue weighted by Gasteiger charge is -2.36. The normalized spacial score (nSPS) is 21.1. The number of benzene rings is 1. The molecule has 1 fully saturated rings. The molecule has 1 aliphatic carbocycles. The third kappa shape index (κ3) is 5.57. The van der Waals surface area contributed by atoms with E-state index in [1.165, 1.54) is 18.3 Å². The summed E-state index contributed by atoms with van der Waals surface area (Å²) in [5.41, 5.74) is 0.896. The van der Waals surface area contributed by atoms with E-state index in [-0.39, 0.29) is 46.5 Å². The monoisotopic (exact) mass is 521 g/mol. The molecule has 10 heteroatoms. The minimum Gasteiger partial charge on any atom is -0.468 e. The summed E-state index contributed by atoms with van der Waals surface area (Å²) in [5, 5.41) is 12.8. The van der Waals surface area contributed by atoms with Crippen molar-refractivity contribution in [2.45, 2.75) is 57.5 Å². The van der Waals surface area contributed by atoms with Crippen LogP contribution in [0.25, 0.3) is 0 Å². The van der Waals surface area contributed by atoms with Gasteiger partial charge in [-0.15, -0.1) is 0 Å². The van der Waals surface area contributed by atoms with Gasteiger partial charge in [-0.25, -0.2) is 13.4 Å². The van der Waals surface area contributed by atoms with E-state index >= 15 is 0 Å². The minimum absolute atomic E-state index is 0.0119. The smallest absolute Gasteiger partial charge is 0.264 e. The summed E-state index contributed by atoms with van der Waals surface area (Å²) in [7, 11) is -4.03. The number of nitrogens with one attached hydrogen (secondary N) is 1. The second kappa shape index (κ2) is 9.95. The van der Waals surface area contributed by atoms with Crippen LogP contribution in [-0.4, -0.2) is 43.7 Å². The molecule has 0 radical (unpaired) electrons. The number of aliphatic hydroxyl groups excluding tert-OH is 1. The molecule has 0 saturated heterocycles. The van der Waals surface area contributed by atoms with Crippen molar-refractivity contribution in [3.8, 4) is 5.88 Å². The number of amides is 1. The van der Waals surface area contributed by atoms with Gasteiger partial charge in [0.25, 0.3) is 10.0 Å². The summed E-state index contributed by atoms with van der Waals surface area (Å²) in [4.78, 5) is 17.3. The first kappa shape index (κ1) is 25.7. The van der Waals surface area contributed by atoms with Crippen molar-refractivity contribution in [1.29, 1.82) is 0 Å². The van der Waals surface area contributed by atoms with Crippen molar-refractivity contribution >= 4 is 38.9 Å². The molecule has 1 saturated carbocycles. The second-order valence-electron chi connectivity index (χ2n) is 10.2. The Bertz CT molecular complexity index is 1190. The molecule has 1 aromatic carbocycles. The van der Waals surface area contributed by atoms with E-state index in [9.17, 15) is 18.3 Å². The number of carbonyl (C=O) groups is 1. The Balaban J connectivity index is 1.59. The fourth-order valence-corrected chi connectivity index (χ4v) is 6.51. The number of nitrogens with zero attached hydrogens (tertiary/aromatic N) is 2. The third-order valence-corrected chi connectivity index (χ3v) is 9.12. The molecular formula is C25H32ClN3O5S. The Labute approximate surface area is 211 Å². The van der Waals surface area contributed by atoms with E-state index in [4.69, 9.17) is 16.3 Å². The van der Waals surface area contributed by atoms with Crippen molar-refractivity contribution in [3.63, 3.8) is 0 Å². The van der Waals surface area contributed by atoms with E-state index in [0.29, 0.717) is 17.0 Å². The molecule has 190 valence electrons. The maximum absolute atomic E-state index is 13.5. The van der Waals surface area contributed by atoms with Crippen molar-refractivity contribution in [2.24, 2.45) is 17.3 Å². The topological polar surface area (TPSA) is 109 Å². The number of anilines is 2. The zero-order valence-electron chi connectivity index (χ0n) is 20.2. The molecule has 1 amide bonds. The summed E-state index contributed by atoms with van der Waals surface area (Å²) in [6, 6.07) is 7.52. The van der Waals surface area contributed by atoms with Gasteiger partial charge in [0.05, 0.1) is 29.9 Å². The van der Waals surface area contributed by atoms with Crippen LogP contribution in [0.1, 0.15) is 46.5 Å². The lowest BCUT2D eigenvalue weighted by Crippen LogP contribution is -2.45. The van der Waals surface area contributed by atoms with Crippen LogP contribution in [0, 0.1) is 17.3 Å². The Morgan fingerprint density at radius 1 is 1.31 bits per heavy atom. The SMILES string of the molecule is C[C@H](C(=O)Nc1cnc2c(c1)N(S(=O)(=O)c1cccc(Cl)c1)C[C@H](CO)O2)C1CCC(C)(C)CC1. The van der Waals surface area contributed by atoms with Gasteiger partial charge in [0.1, 0.15) is 11.8 Å². The van der Waals surface area contributed by atoms with Crippen LogP contribution >= 0.6 is 11.6 Å². The molecule has 2 aliphatic rings. The van der Waals surface area contributed by atoms with Gasteiger partial charge in [0.2, 0.25) is 11.8 Å². The van der Waals surface area contributed by atoms with Gasteiger partial charge in [-0.1, -0.05) is 38.4 Å². The largest absolute Gasteiger partial charge is 0.468 e. The lowest BCUT2D eigenvalue weighted by molar-refractivity contribution is -0.121. The molecular weight excluding hydrogens is 490 g/mol. The highest BCUT2D eigenvalue weighted by molar-refractivity contribution is 7.92. The zero-order chi connectivity index (χ0) is 25.4. The fraction of sp³-hybridized carbons (Fsp3) is 0.520. The molecule has 2 N–H and O–H groups in total. The van der Waals surface area contributed by atoms with Gasteiger partial charge in [-0.2, -0.15) is 0 Å². The van der Waals surface area contributed by atoms with Crippen LogP contribution in [0.5, 0.6) is 5.88 Å². The van der Waals surface area contributed by atoms with E-state index in [2.05, 4.69) is 24.1 Å². The van der Waals surface area contributed by atoms with E-state index < -0.39 is 16.1 Å². The Kier molecular flexibility index (Phi) is 7.31. The number of pyridine rings is 1. The van der Waals surface area contributed by atoms with Crippen LogP contribution in [-0.2, 0) is 14.8 Å². The van der Waals surface area contributed by atoms with E-state index in [1.54, 1.807) is 18.2 Å². The van der Waals surface area contributed by atoms with Gasteiger partial charge in [0, 0.05) is 10.9 Å². The quantitative estimate of drug-likeness (QED) is 0.580. The average Bonchev–Trinajstić information content (AvgIpc) is 2.82. The van der Waals surface area contributed by atoms with Crippen LogP contribution in [0.15, 0.2) is 41.4 Å². The minimum atomic E-state index is -4.03. The second-order valence-corrected chi connectivity index (χ2v) is 12.5. The predicted octanol–water partition coefficient (Wildman–Crippen LogP) is 4.47. The van der Waals surface area contributed by atoms with Gasteiger partial charge < -0.3 is 15.2 Å². The summed E-state index contributed by atoms with van der Waals surface area (Å²) in [6.07, 6.45) is 4.86. The number of aliphatic hydroxyl groups is 1. The fourth-order valence-electron chi connectivity index (χ4n) is 4.73. The highest BCUT2D eigenvalue weighted by Gasteiger charge is 2.36. The van der Waals surface area contributed by atoms with Gasteiger partial charge in [0.15, 0.2) is 0 Å². The van der Waals surface area contributed by atoms with Crippen LogP contribution in [0.4, 0.5) is 11.4 Å². The Morgan fingerprint density at radius 2 is 2.03 bits per heavy atom. The maximum atomic E-state index is 13.5. The maximum Gasteiger partial charge on any atom is 0.264 e. The van der Waals surface area contributed by atoms with Crippen molar-refractivity contribution < 1.29 is 23.1 Å². The summed E-state index contributed by atoms with van der Waals surface area (Å²) in [5.74, 6) is 0.0811. The average molecular weight is 522 g/mol. The number of rotatable bonds is 6. The first-order valence-corrected chi connectivity index (χ1v) is 13.7. The molecule has 2 atom stereocenters. The summed E-state index contributed by atoms with van der Waals surface area (Å²) >= 11 is 6.03. The molecule has 2 aromatic rings. The highest BCUT2D eigenvalue weighted by Crippen LogP contribution is 2.41. The van der Waals surface area contributed by atoms with E-state index in [0.717, 1.165) is 30.0 Å². The molecule has 1 aromatic heterocycles. The number of carbonyl (C=O) groups excluding carboxylic acids is 1. The molecule has 2 heterocycles. The van der Waals surface area contributed by atoms with Gasteiger partial charge >= 0.3 is 0 Å². The third-order valence-electron chi connectivity index (χ3n) is 7.11. The number of fused-ring (bicyclic) bond motifs is 1. The van der Waals surface area contributed by atoms with E-state index in [1.807, 2.05) is 6.92 Å². The Morgan fingerprint density at radius 3 is 2.69 bits per heavy atom. The molecule has 8 nitrogen and oxygen atoms in total. The summed E-state index contributed by atoms with van der Waals surface area (Å²) in [6.45, 7) is 5.98. The number of hydrogen-bond acceptors (Lipinski definition) is 6. The molecule has 0 spiro atoms. The van der Waals surface area contributed by atoms with Crippen LogP contribution in [0.3, 0.4) is 0 Å². The number of ether oxygens (including phenoxy) is 1. The van der Waals surface area contributed by atoms with Crippen LogP contribution in [0.2, 0.25) is 5.02 Å². The number of aromatic nitrogens is 1. The molecule has 4 rings (SSSR count). The molecule has 1 aliphatic heterocycles. The zero-order valence-corrected chi connectivity index (χ0v) is 21.8. The first-order valence-electron chi connectivity index (χ1n) is 11.9. The van der Waals surface area contributed by atoms with Crippen molar-refractivity contribution in [3.05, 3.63) is 41.6 Å². The van der Waals surface area contributed by atoms with Crippen molar-refractivity contribution in [1.82, 2.24) is 4.98 Å². The highest BCUT2D eigenvalue weighted by atomic mass is 35.5. The molecule has 35 heavy (non-hydrogen) atoms. The standard InChI is InChI=1S/C25H32ClN3O5S/c1-16(17-7-9-25(2,3)10-8-17)23(31)28-19-12-22-24(27-13-19)34-20(15-30)14-29(22)35(32,33)21-6-4-5-18(26)11-21/h4-6,11-13,16-17,20,30H,7-10,14-15H2,1-3H3,(H,28,31)/t16-,20+/m0/s1. The van der Waals surface area contributed by atoms with Gasteiger partial charge in [-0.05, 0) is 61.3 Å². The molecule has 0 bridgehead atoms. The van der Waals surface area contributed by atoms with Gasteiger partial charge in [-0.3, -0.25) is 9.10 Å². The predicted molar refractivity (Wildman–Crippen MR) is 135 cm³/mol. The first-order chi connectivity index (χ1) is 16.5. The lowest BCUT2D eigenvalue weighted by atomic mass is 9.69. The molecule has 0 unspecified atom stereocenters. The number of sulfonamides is 1.